The second-order valence-electron chi connectivity index (χ2n) is 3.54. The number of aliphatic carboxylic acids is 1. The van der Waals surface area contributed by atoms with E-state index >= 15 is 0 Å². The fraction of sp³-hybridized carbons (Fsp3) is 0.778. The van der Waals surface area contributed by atoms with Gasteiger partial charge in [-0.2, -0.15) is 13.2 Å². The van der Waals surface area contributed by atoms with E-state index in [0.717, 1.165) is 0 Å². The number of ether oxygens (including phenoxy) is 1. The number of carbonyl (C=O) groups is 2. The lowest BCUT2D eigenvalue weighted by Gasteiger charge is -2.19. The molecule has 0 aliphatic rings. The molecule has 0 aromatic rings. The maximum Gasteiger partial charge on any atom is 0.422 e. The van der Waals surface area contributed by atoms with Gasteiger partial charge in [0.25, 0.3) is 0 Å². The van der Waals surface area contributed by atoms with Crippen LogP contribution in [0.3, 0.4) is 0 Å². The van der Waals surface area contributed by atoms with E-state index in [1.807, 2.05) is 5.32 Å². The van der Waals surface area contributed by atoms with E-state index in [1.54, 1.807) is 13.8 Å². The third-order valence-corrected chi connectivity index (χ3v) is 2.12. The van der Waals surface area contributed by atoms with Crippen molar-refractivity contribution in [2.24, 2.45) is 5.92 Å². The number of carbonyl (C=O) groups excluding carboxylic acids is 1. The van der Waals surface area contributed by atoms with Crippen LogP contribution in [0.2, 0.25) is 0 Å². The summed E-state index contributed by atoms with van der Waals surface area (Å²) in [5.41, 5.74) is 0. The molecule has 5 nitrogen and oxygen atoms in total. The van der Waals surface area contributed by atoms with Crippen molar-refractivity contribution in [3.05, 3.63) is 0 Å². The van der Waals surface area contributed by atoms with Gasteiger partial charge in [-0.25, -0.2) is 9.59 Å². The number of rotatable bonds is 5. The Kier molecular flexibility index (Phi) is 5.77. The Morgan fingerprint density at radius 2 is 1.94 bits per heavy atom. The van der Waals surface area contributed by atoms with E-state index < -0.39 is 36.8 Å². The molecule has 0 radical (unpaired) electrons. The van der Waals surface area contributed by atoms with Crippen LogP contribution in [0.15, 0.2) is 0 Å². The molecular weight excluding hydrogens is 243 g/mol. The highest BCUT2D eigenvalue weighted by molar-refractivity contribution is 5.80. The molecule has 0 aromatic carbocycles. The van der Waals surface area contributed by atoms with E-state index in [0.29, 0.717) is 6.42 Å². The van der Waals surface area contributed by atoms with Crippen molar-refractivity contribution in [1.82, 2.24) is 5.32 Å². The smallest absolute Gasteiger partial charge is 0.422 e. The van der Waals surface area contributed by atoms with Gasteiger partial charge in [-0.05, 0) is 5.92 Å². The Hall–Kier alpha value is -1.47. The number of halogens is 3. The first kappa shape index (κ1) is 15.5. The number of carboxylic acids is 1. The molecule has 0 fully saturated rings. The zero-order valence-electron chi connectivity index (χ0n) is 9.37. The predicted molar refractivity (Wildman–Crippen MR) is 51.4 cm³/mol. The second-order valence-corrected chi connectivity index (χ2v) is 3.54. The summed E-state index contributed by atoms with van der Waals surface area (Å²) >= 11 is 0. The van der Waals surface area contributed by atoms with Crippen molar-refractivity contribution in [3.63, 3.8) is 0 Å². The van der Waals surface area contributed by atoms with Gasteiger partial charge in [0.05, 0.1) is 0 Å². The summed E-state index contributed by atoms with van der Waals surface area (Å²) in [6.45, 7) is 1.51. The Labute approximate surface area is 95.9 Å². The number of hydrogen-bond donors (Lipinski definition) is 2. The van der Waals surface area contributed by atoms with Crippen molar-refractivity contribution in [2.75, 3.05) is 6.61 Å². The molecule has 0 heterocycles. The number of alkyl carbamates (subject to hydrolysis) is 1. The minimum atomic E-state index is -4.63. The summed E-state index contributed by atoms with van der Waals surface area (Å²) in [4.78, 5) is 21.7. The lowest BCUT2D eigenvalue weighted by molar-refractivity contribution is -0.160. The average Bonchev–Trinajstić information content (AvgIpc) is 2.20. The van der Waals surface area contributed by atoms with Crippen LogP contribution in [0.25, 0.3) is 0 Å². The molecule has 0 aliphatic heterocycles. The first-order valence-corrected chi connectivity index (χ1v) is 4.90. The predicted octanol–water partition coefficient (Wildman–Crippen LogP) is 1.77. The van der Waals surface area contributed by atoms with Crippen molar-refractivity contribution >= 4 is 12.1 Å². The van der Waals surface area contributed by atoms with E-state index in [-0.39, 0.29) is 0 Å². The third-order valence-electron chi connectivity index (χ3n) is 2.12. The van der Waals surface area contributed by atoms with Crippen molar-refractivity contribution in [2.45, 2.75) is 32.5 Å². The molecule has 2 N–H and O–H groups in total. The van der Waals surface area contributed by atoms with Gasteiger partial charge in [-0.3, -0.25) is 0 Å². The molecule has 0 unspecified atom stereocenters. The Bertz CT molecular complexity index is 280. The van der Waals surface area contributed by atoms with Gasteiger partial charge >= 0.3 is 18.2 Å². The highest BCUT2D eigenvalue weighted by Crippen LogP contribution is 2.14. The lowest BCUT2D eigenvalue weighted by atomic mass is 10.00. The SMILES string of the molecule is CC[C@@H](C)[C@@H](NC(=O)OCC(F)(F)F)C(=O)O. The monoisotopic (exact) mass is 257 g/mol. The summed E-state index contributed by atoms with van der Waals surface area (Å²) in [5.74, 6) is -1.73. The van der Waals surface area contributed by atoms with Crippen LogP contribution in [0.1, 0.15) is 20.3 Å². The van der Waals surface area contributed by atoms with Gasteiger partial charge in [0.15, 0.2) is 6.61 Å². The van der Waals surface area contributed by atoms with E-state index in [2.05, 4.69) is 4.74 Å². The molecule has 8 heteroatoms. The van der Waals surface area contributed by atoms with Crippen LogP contribution < -0.4 is 5.32 Å². The highest BCUT2D eigenvalue weighted by Gasteiger charge is 2.31. The molecule has 0 spiro atoms. The quantitative estimate of drug-likeness (QED) is 0.787. The summed E-state index contributed by atoms with van der Waals surface area (Å²) in [7, 11) is 0. The summed E-state index contributed by atoms with van der Waals surface area (Å²) in [5, 5.41) is 10.6. The van der Waals surface area contributed by atoms with Crippen LogP contribution in [0, 0.1) is 5.92 Å². The number of hydrogen-bond acceptors (Lipinski definition) is 3. The number of carboxylic acid groups (broad SMARTS) is 1. The molecule has 100 valence electrons. The third kappa shape index (κ3) is 6.64. The zero-order chi connectivity index (χ0) is 13.6. The van der Waals surface area contributed by atoms with Crippen LogP contribution in [0.4, 0.5) is 18.0 Å². The van der Waals surface area contributed by atoms with Crippen molar-refractivity contribution in [3.8, 4) is 0 Å². The Balaban J connectivity index is 4.28. The minimum Gasteiger partial charge on any atom is -0.480 e. The van der Waals surface area contributed by atoms with E-state index in [4.69, 9.17) is 5.11 Å². The van der Waals surface area contributed by atoms with Gasteiger partial charge in [-0.1, -0.05) is 20.3 Å². The fourth-order valence-electron chi connectivity index (χ4n) is 0.999. The van der Waals surface area contributed by atoms with E-state index in [9.17, 15) is 22.8 Å². The molecule has 0 aromatic heterocycles. The highest BCUT2D eigenvalue weighted by atomic mass is 19.4. The number of alkyl halides is 3. The van der Waals surface area contributed by atoms with Crippen LogP contribution in [-0.2, 0) is 9.53 Å². The maximum absolute atomic E-state index is 11.7. The molecular formula is C9H14F3NO4. The second kappa shape index (κ2) is 6.31. The average molecular weight is 257 g/mol. The molecule has 0 saturated carbocycles. The van der Waals surface area contributed by atoms with Gasteiger partial charge in [-0.15, -0.1) is 0 Å². The van der Waals surface area contributed by atoms with Crippen molar-refractivity contribution in [1.29, 1.82) is 0 Å². The topological polar surface area (TPSA) is 75.6 Å². The molecule has 2 atom stereocenters. The van der Waals surface area contributed by atoms with Gasteiger partial charge in [0.2, 0.25) is 0 Å². The van der Waals surface area contributed by atoms with Crippen LogP contribution in [-0.4, -0.2) is 36.0 Å². The largest absolute Gasteiger partial charge is 0.480 e. The lowest BCUT2D eigenvalue weighted by Crippen LogP contribution is -2.45. The maximum atomic E-state index is 11.7. The zero-order valence-corrected chi connectivity index (χ0v) is 9.37. The minimum absolute atomic E-state index is 0.411. The molecule has 0 rings (SSSR count). The number of amides is 1. The number of nitrogens with one attached hydrogen (secondary N) is 1. The Morgan fingerprint density at radius 1 is 1.41 bits per heavy atom. The van der Waals surface area contributed by atoms with Crippen molar-refractivity contribution < 1.29 is 32.6 Å². The first-order valence-electron chi connectivity index (χ1n) is 4.90. The van der Waals surface area contributed by atoms with Crippen LogP contribution >= 0.6 is 0 Å². The summed E-state index contributed by atoms with van der Waals surface area (Å²) in [6.07, 6.45) is -5.57. The molecule has 0 bridgehead atoms. The first-order chi connectivity index (χ1) is 7.67. The van der Waals surface area contributed by atoms with E-state index in [1.165, 1.54) is 0 Å². The summed E-state index contributed by atoms with van der Waals surface area (Å²) in [6, 6.07) is -1.26. The molecule has 0 aliphatic carbocycles. The fourth-order valence-corrected chi connectivity index (χ4v) is 0.999. The molecule has 0 saturated heterocycles. The normalized spacial score (nSPS) is 14.9. The molecule has 17 heavy (non-hydrogen) atoms. The Morgan fingerprint density at radius 3 is 2.29 bits per heavy atom. The van der Waals surface area contributed by atoms with Gasteiger partial charge in [0.1, 0.15) is 6.04 Å². The summed E-state index contributed by atoms with van der Waals surface area (Å²) < 4.78 is 39.0. The molecule has 1 amide bonds. The van der Waals surface area contributed by atoms with Crippen LogP contribution in [0.5, 0.6) is 0 Å². The van der Waals surface area contributed by atoms with Gasteiger partial charge in [0, 0.05) is 0 Å². The van der Waals surface area contributed by atoms with Gasteiger partial charge < -0.3 is 15.2 Å². The standard InChI is InChI=1S/C9H14F3NO4/c1-3-5(2)6(7(14)15)13-8(16)17-4-9(10,11)12/h5-6H,3-4H2,1-2H3,(H,13,16)(H,14,15)/t5-,6-/m1/s1.